The minimum absolute atomic E-state index is 0.00892. The fourth-order valence-electron chi connectivity index (χ4n) is 2.81. The topological polar surface area (TPSA) is 58.2 Å². The van der Waals surface area contributed by atoms with Crippen molar-refractivity contribution in [3.05, 3.63) is 88.4 Å². The molecule has 3 rings (SSSR count). The van der Waals surface area contributed by atoms with Gasteiger partial charge in [0.2, 0.25) is 5.91 Å². The van der Waals surface area contributed by atoms with E-state index >= 15 is 0 Å². The number of alkyl halides is 3. The number of thioether (sulfide) groups is 1. The smallest absolute Gasteiger partial charge is 0.326 e. The first-order valence-electron chi connectivity index (χ1n) is 9.39. The molecule has 0 atom stereocenters. The van der Waals surface area contributed by atoms with Crippen LogP contribution >= 0.6 is 23.4 Å². The first-order chi connectivity index (χ1) is 15.1. The molecule has 0 saturated carbocycles. The van der Waals surface area contributed by atoms with Gasteiger partial charge in [-0.05, 0) is 60.2 Å². The Bertz CT molecular complexity index is 1120. The first kappa shape index (κ1) is 23.7. The number of benzene rings is 3. The van der Waals surface area contributed by atoms with E-state index in [1.165, 1.54) is 13.0 Å². The fourth-order valence-corrected chi connectivity index (χ4v) is 3.79. The summed E-state index contributed by atoms with van der Waals surface area (Å²) in [6.07, 6.45) is -4.71. The molecule has 0 bridgehead atoms. The Morgan fingerprint density at radius 2 is 1.59 bits per heavy atom. The second-order valence-electron chi connectivity index (χ2n) is 6.83. The van der Waals surface area contributed by atoms with Crippen molar-refractivity contribution in [2.24, 2.45) is 0 Å². The van der Waals surface area contributed by atoms with Gasteiger partial charge in [-0.1, -0.05) is 23.7 Å². The van der Waals surface area contributed by atoms with Crippen molar-refractivity contribution in [1.82, 2.24) is 0 Å². The molecule has 0 saturated heterocycles. The second-order valence-corrected chi connectivity index (χ2v) is 8.32. The summed E-state index contributed by atoms with van der Waals surface area (Å²) < 4.78 is 40.3. The van der Waals surface area contributed by atoms with E-state index in [2.05, 4.69) is 10.6 Å². The zero-order valence-corrected chi connectivity index (χ0v) is 18.4. The van der Waals surface area contributed by atoms with Gasteiger partial charge in [-0.3, -0.25) is 9.59 Å². The van der Waals surface area contributed by atoms with E-state index in [0.29, 0.717) is 10.8 Å². The fraction of sp³-hybridized carbons (Fsp3) is 0.130. The molecule has 0 spiro atoms. The summed E-state index contributed by atoms with van der Waals surface area (Å²) >= 11 is 7.47. The third kappa shape index (κ3) is 6.51. The molecule has 3 aromatic carbocycles. The molecule has 0 fully saturated rings. The molecule has 32 heavy (non-hydrogen) atoms. The molecule has 0 aliphatic heterocycles. The van der Waals surface area contributed by atoms with Crippen LogP contribution in [0, 0.1) is 0 Å². The average Bonchev–Trinajstić information content (AvgIpc) is 2.73. The third-order valence-corrected chi connectivity index (χ3v) is 5.66. The van der Waals surface area contributed by atoms with E-state index in [9.17, 15) is 22.8 Å². The van der Waals surface area contributed by atoms with E-state index in [0.717, 1.165) is 22.6 Å². The van der Waals surface area contributed by atoms with Gasteiger partial charge in [0.05, 0.1) is 11.3 Å². The molecular formula is C23H18ClF3N2O2S. The maximum Gasteiger partial charge on any atom is 0.418 e. The van der Waals surface area contributed by atoms with Gasteiger partial charge in [0.25, 0.3) is 5.91 Å². The SMILES string of the molecule is CC(=O)Nc1ccc(NC(=O)c2ccc(CSc3ccc(Cl)cc3)cc2)c(C(F)(F)F)c1. The zero-order valence-electron chi connectivity index (χ0n) is 16.8. The van der Waals surface area contributed by atoms with Gasteiger partial charge in [-0.15, -0.1) is 11.8 Å². The number of hydrogen-bond donors (Lipinski definition) is 2. The number of amides is 2. The molecule has 166 valence electrons. The van der Waals surface area contributed by atoms with Crippen molar-refractivity contribution in [3.63, 3.8) is 0 Å². The second kappa shape index (κ2) is 10.1. The molecule has 0 aliphatic rings. The number of hydrogen-bond acceptors (Lipinski definition) is 3. The number of halogens is 4. The largest absolute Gasteiger partial charge is 0.418 e. The van der Waals surface area contributed by atoms with Crippen LogP contribution in [0.3, 0.4) is 0 Å². The van der Waals surface area contributed by atoms with E-state index in [1.54, 1.807) is 48.2 Å². The van der Waals surface area contributed by atoms with Crippen molar-refractivity contribution in [1.29, 1.82) is 0 Å². The van der Waals surface area contributed by atoms with Crippen LogP contribution in [-0.2, 0) is 16.7 Å². The van der Waals surface area contributed by atoms with Crippen LogP contribution in [0.1, 0.15) is 28.4 Å². The average molecular weight is 479 g/mol. The quantitative estimate of drug-likeness (QED) is 0.380. The van der Waals surface area contributed by atoms with Gasteiger partial charge in [-0.25, -0.2) is 0 Å². The van der Waals surface area contributed by atoms with E-state index in [4.69, 9.17) is 11.6 Å². The lowest BCUT2D eigenvalue weighted by Crippen LogP contribution is -2.17. The summed E-state index contributed by atoms with van der Waals surface area (Å²) in [5.41, 5.74) is -0.265. The van der Waals surface area contributed by atoms with Gasteiger partial charge in [0.15, 0.2) is 0 Å². The van der Waals surface area contributed by atoms with Crippen LogP contribution in [0.4, 0.5) is 24.5 Å². The van der Waals surface area contributed by atoms with Crippen molar-refractivity contribution < 1.29 is 22.8 Å². The highest BCUT2D eigenvalue weighted by atomic mass is 35.5. The lowest BCUT2D eigenvalue weighted by molar-refractivity contribution is -0.137. The molecule has 0 aliphatic carbocycles. The number of carbonyl (C=O) groups excluding carboxylic acids is 2. The molecule has 9 heteroatoms. The molecule has 2 N–H and O–H groups in total. The number of nitrogens with one attached hydrogen (secondary N) is 2. The van der Waals surface area contributed by atoms with Gasteiger partial charge in [0.1, 0.15) is 0 Å². The molecule has 0 radical (unpaired) electrons. The van der Waals surface area contributed by atoms with E-state index < -0.39 is 23.6 Å². The summed E-state index contributed by atoms with van der Waals surface area (Å²) in [4.78, 5) is 24.7. The maximum atomic E-state index is 13.4. The standard InChI is InChI=1S/C23H18ClF3N2O2S/c1-14(30)28-18-8-11-21(20(12-18)23(25,26)27)29-22(31)16-4-2-15(3-5-16)13-32-19-9-6-17(24)7-10-19/h2-12H,13H2,1H3,(H,28,30)(H,29,31). The highest BCUT2D eigenvalue weighted by Crippen LogP contribution is 2.37. The Kier molecular flexibility index (Phi) is 7.48. The lowest BCUT2D eigenvalue weighted by Gasteiger charge is -2.15. The molecule has 2 amide bonds. The van der Waals surface area contributed by atoms with Crippen LogP contribution in [0.15, 0.2) is 71.6 Å². The third-order valence-electron chi connectivity index (χ3n) is 4.33. The summed E-state index contributed by atoms with van der Waals surface area (Å²) in [7, 11) is 0. The minimum atomic E-state index is -4.71. The highest BCUT2D eigenvalue weighted by Gasteiger charge is 2.34. The summed E-state index contributed by atoms with van der Waals surface area (Å²) in [5, 5.41) is 5.26. The molecular weight excluding hydrogens is 461 g/mol. The summed E-state index contributed by atoms with van der Waals surface area (Å²) in [5.74, 6) is -0.504. The predicted molar refractivity (Wildman–Crippen MR) is 121 cm³/mol. The molecule has 4 nitrogen and oxygen atoms in total. The van der Waals surface area contributed by atoms with Crippen molar-refractivity contribution >= 4 is 46.6 Å². The Hall–Kier alpha value is -2.97. The normalized spacial score (nSPS) is 11.2. The maximum absolute atomic E-state index is 13.4. The van der Waals surface area contributed by atoms with Crippen molar-refractivity contribution in [2.75, 3.05) is 10.6 Å². The van der Waals surface area contributed by atoms with Crippen molar-refractivity contribution in [2.45, 2.75) is 23.7 Å². The van der Waals surface area contributed by atoms with E-state index in [-0.39, 0.29) is 16.9 Å². The predicted octanol–water partition coefficient (Wildman–Crippen LogP) is 6.86. The zero-order chi connectivity index (χ0) is 23.3. The lowest BCUT2D eigenvalue weighted by atomic mass is 10.1. The molecule has 0 heterocycles. The summed E-state index contributed by atoms with van der Waals surface area (Å²) in [6, 6.07) is 17.2. The molecule has 3 aromatic rings. The Balaban J connectivity index is 1.70. The van der Waals surface area contributed by atoms with Crippen LogP contribution in [0.25, 0.3) is 0 Å². The van der Waals surface area contributed by atoms with Crippen LogP contribution in [0.5, 0.6) is 0 Å². The number of rotatable bonds is 6. The van der Waals surface area contributed by atoms with Crippen LogP contribution < -0.4 is 10.6 Å². The highest BCUT2D eigenvalue weighted by molar-refractivity contribution is 7.98. The number of anilines is 2. The molecule has 0 unspecified atom stereocenters. The van der Waals surface area contributed by atoms with E-state index in [1.807, 2.05) is 12.1 Å². The Morgan fingerprint density at radius 3 is 2.19 bits per heavy atom. The van der Waals surface area contributed by atoms with Crippen LogP contribution in [-0.4, -0.2) is 11.8 Å². The van der Waals surface area contributed by atoms with Gasteiger partial charge in [-0.2, -0.15) is 13.2 Å². The van der Waals surface area contributed by atoms with Gasteiger partial charge in [0, 0.05) is 33.8 Å². The first-order valence-corrected chi connectivity index (χ1v) is 10.8. The van der Waals surface area contributed by atoms with Crippen molar-refractivity contribution in [3.8, 4) is 0 Å². The van der Waals surface area contributed by atoms with Crippen LogP contribution in [0.2, 0.25) is 5.02 Å². The Morgan fingerprint density at radius 1 is 0.938 bits per heavy atom. The Labute approximate surface area is 192 Å². The monoisotopic (exact) mass is 478 g/mol. The summed E-state index contributed by atoms with van der Waals surface area (Å²) in [6.45, 7) is 1.20. The minimum Gasteiger partial charge on any atom is -0.326 e. The molecule has 0 aromatic heterocycles. The van der Waals surface area contributed by atoms with Gasteiger partial charge < -0.3 is 10.6 Å². The van der Waals surface area contributed by atoms with Gasteiger partial charge >= 0.3 is 6.18 Å². The number of carbonyl (C=O) groups is 2.